The smallest absolute Gasteiger partial charge is 0.306 e. The maximum atomic E-state index is 11.2. The molecule has 0 bridgehead atoms. The highest BCUT2D eigenvalue weighted by Gasteiger charge is 2.03. The molecule has 1 N–H and O–H groups in total. The van der Waals surface area contributed by atoms with Crippen LogP contribution in [0.2, 0.25) is 5.02 Å². The molecule has 0 amide bonds. The number of aliphatic hydroxyl groups excluding tert-OH is 1. The first-order chi connectivity index (χ1) is 7.72. The fourth-order valence-electron chi connectivity index (χ4n) is 1.22. The maximum Gasteiger partial charge on any atom is 0.306 e. The first-order valence-electron chi connectivity index (χ1n) is 5.23. The minimum atomic E-state index is -0.233. The van der Waals surface area contributed by atoms with Crippen LogP contribution >= 0.6 is 11.6 Å². The van der Waals surface area contributed by atoms with Gasteiger partial charge in [0, 0.05) is 24.5 Å². The second kappa shape index (κ2) is 7.25. The van der Waals surface area contributed by atoms with Crippen molar-refractivity contribution in [1.29, 1.82) is 0 Å². The van der Waals surface area contributed by atoms with Crippen molar-refractivity contribution in [3.63, 3.8) is 0 Å². The number of hydrogen-bond donors (Lipinski definition) is 1. The van der Waals surface area contributed by atoms with Crippen molar-refractivity contribution in [3.8, 4) is 0 Å². The third kappa shape index (κ3) is 5.14. The van der Waals surface area contributed by atoms with Gasteiger partial charge in [-0.15, -0.1) is 0 Å². The predicted octanol–water partition coefficient (Wildman–Crippen LogP) is 2.20. The molecule has 3 nitrogen and oxygen atoms in total. The second-order valence-electron chi connectivity index (χ2n) is 3.42. The summed E-state index contributed by atoms with van der Waals surface area (Å²) >= 11 is 5.74. The van der Waals surface area contributed by atoms with Crippen molar-refractivity contribution in [1.82, 2.24) is 0 Å². The Morgan fingerprint density at radius 1 is 1.31 bits per heavy atom. The number of aryl methyl sites for hydroxylation is 1. The van der Waals surface area contributed by atoms with Crippen LogP contribution in [0.1, 0.15) is 18.4 Å². The summed E-state index contributed by atoms with van der Waals surface area (Å²) in [5.74, 6) is -0.233. The summed E-state index contributed by atoms with van der Waals surface area (Å²) in [5.41, 5.74) is 1.06. The van der Waals surface area contributed by atoms with Crippen LogP contribution in [0.4, 0.5) is 0 Å². The third-order valence-corrected chi connectivity index (χ3v) is 2.35. The van der Waals surface area contributed by atoms with Gasteiger partial charge in [-0.1, -0.05) is 23.7 Å². The van der Waals surface area contributed by atoms with E-state index in [4.69, 9.17) is 21.4 Å². The maximum absolute atomic E-state index is 11.2. The second-order valence-corrected chi connectivity index (χ2v) is 3.86. The Hall–Kier alpha value is -1.06. The van der Waals surface area contributed by atoms with E-state index in [9.17, 15) is 4.79 Å². The van der Waals surface area contributed by atoms with Crippen molar-refractivity contribution in [2.24, 2.45) is 0 Å². The molecule has 0 aliphatic carbocycles. The van der Waals surface area contributed by atoms with E-state index in [2.05, 4.69) is 0 Å². The van der Waals surface area contributed by atoms with E-state index in [1.165, 1.54) is 0 Å². The van der Waals surface area contributed by atoms with Crippen LogP contribution in [0.25, 0.3) is 0 Å². The number of ether oxygens (including phenoxy) is 1. The van der Waals surface area contributed by atoms with E-state index in [0.29, 0.717) is 24.3 Å². The van der Waals surface area contributed by atoms with Crippen molar-refractivity contribution < 1.29 is 14.6 Å². The molecule has 88 valence electrons. The highest BCUT2D eigenvalue weighted by molar-refractivity contribution is 6.30. The third-order valence-electron chi connectivity index (χ3n) is 2.10. The van der Waals surface area contributed by atoms with Gasteiger partial charge in [0.05, 0.1) is 6.61 Å². The van der Waals surface area contributed by atoms with Crippen molar-refractivity contribution in [2.75, 3.05) is 13.2 Å². The van der Waals surface area contributed by atoms with Gasteiger partial charge in [-0.2, -0.15) is 0 Å². The van der Waals surface area contributed by atoms with Crippen molar-refractivity contribution in [3.05, 3.63) is 34.9 Å². The van der Waals surface area contributed by atoms with E-state index in [1.807, 2.05) is 12.1 Å². The monoisotopic (exact) mass is 242 g/mol. The van der Waals surface area contributed by atoms with Gasteiger partial charge >= 0.3 is 5.97 Å². The lowest BCUT2D eigenvalue weighted by molar-refractivity contribution is -0.143. The van der Waals surface area contributed by atoms with E-state index in [1.54, 1.807) is 12.1 Å². The number of aliphatic hydroxyl groups is 1. The quantitative estimate of drug-likeness (QED) is 0.615. The molecule has 1 aromatic rings. The topological polar surface area (TPSA) is 46.5 Å². The number of benzene rings is 1. The minimum absolute atomic E-state index is 0.0461. The van der Waals surface area contributed by atoms with E-state index < -0.39 is 0 Å². The van der Waals surface area contributed by atoms with E-state index in [-0.39, 0.29) is 19.2 Å². The summed E-state index contributed by atoms with van der Waals surface area (Å²) in [7, 11) is 0. The molecule has 0 radical (unpaired) electrons. The molecule has 0 spiro atoms. The van der Waals surface area contributed by atoms with Crippen molar-refractivity contribution >= 4 is 17.6 Å². The molecule has 1 rings (SSSR count). The van der Waals surface area contributed by atoms with Gasteiger partial charge in [0.2, 0.25) is 0 Å². The average Bonchev–Trinajstić information content (AvgIpc) is 2.29. The van der Waals surface area contributed by atoms with Gasteiger partial charge in [0.1, 0.15) is 0 Å². The van der Waals surface area contributed by atoms with Gasteiger partial charge < -0.3 is 9.84 Å². The summed E-state index contributed by atoms with van der Waals surface area (Å²) in [6.45, 7) is 0.334. The van der Waals surface area contributed by atoms with Crippen LogP contribution in [0.3, 0.4) is 0 Å². The van der Waals surface area contributed by atoms with Gasteiger partial charge in [-0.25, -0.2) is 0 Å². The number of halogens is 1. The van der Waals surface area contributed by atoms with Gasteiger partial charge in [0.25, 0.3) is 0 Å². The molecule has 4 heteroatoms. The highest BCUT2D eigenvalue weighted by Crippen LogP contribution is 2.11. The Balaban J connectivity index is 2.23. The number of rotatable bonds is 6. The van der Waals surface area contributed by atoms with Crippen LogP contribution in [0, 0.1) is 0 Å². The molecule has 0 aliphatic rings. The van der Waals surface area contributed by atoms with Crippen LogP contribution < -0.4 is 0 Å². The molecule has 0 atom stereocenters. The summed E-state index contributed by atoms with van der Waals surface area (Å²) < 4.78 is 4.90. The Morgan fingerprint density at radius 2 is 2.00 bits per heavy atom. The zero-order valence-corrected chi connectivity index (χ0v) is 9.74. The molecule has 0 fully saturated rings. The fraction of sp³-hybridized carbons (Fsp3) is 0.417. The molecule has 0 heterocycles. The standard InChI is InChI=1S/C12H15ClO3/c13-11-5-2-10(3-6-11)4-7-12(15)16-9-1-8-14/h2-3,5-6,14H,1,4,7-9H2. The molecule has 0 unspecified atom stereocenters. The lowest BCUT2D eigenvalue weighted by Gasteiger charge is -2.03. The van der Waals surface area contributed by atoms with E-state index >= 15 is 0 Å². The number of esters is 1. The minimum Gasteiger partial charge on any atom is -0.466 e. The Kier molecular flexibility index (Phi) is 5.90. The zero-order valence-electron chi connectivity index (χ0n) is 8.99. The van der Waals surface area contributed by atoms with Gasteiger partial charge in [-0.05, 0) is 24.1 Å². The first kappa shape index (κ1) is 13.0. The zero-order chi connectivity index (χ0) is 11.8. The lowest BCUT2D eigenvalue weighted by atomic mass is 10.1. The molecule has 0 aromatic heterocycles. The summed E-state index contributed by atoms with van der Waals surface area (Å²) in [6.07, 6.45) is 1.49. The highest BCUT2D eigenvalue weighted by atomic mass is 35.5. The Bertz CT molecular complexity index is 322. The van der Waals surface area contributed by atoms with Crippen LogP contribution in [-0.4, -0.2) is 24.3 Å². The summed E-state index contributed by atoms with van der Waals surface area (Å²) in [6, 6.07) is 7.38. The number of carbonyl (C=O) groups is 1. The van der Waals surface area contributed by atoms with Gasteiger partial charge in [-0.3, -0.25) is 4.79 Å². The SMILES string of the molecule is O=C(CCc1ccc(Cl)cc1)OCCCO. The summed E-state index contributed by atoms with van der Waals surface area (Å²) in [4.78, 5) is 11.2. The van der Waals surface area contributed by atoms with Crippen LogP contribution in [0.15, 0.2) is 24.3 Å². The van der Waals surface area contributed by atoms with E-state index in [0.717, 1.165) is 5.56 Å². The molecule has 0 aliphatic heterocycles. The molecule has 0 saturated heterocycles. The molecule has 0 saturated carbocycles. The predicted molar refractivity (Wildman–Crippen MR) is 62.4 cm³/mol. The lowest BCUT2D eigenvalue weighted by Crippen LogP contribution is -2.07. The Labute approximate surface area is 100.0 Å². The van der Waals surface area contributed by atoms with Crippen LogP contribution in [0.5, 0.6) is 0 Å². The normalized spacial score (nSPS) is 10.1. The number of hydrogen-bond acceptors (Lipinski definition) is 3. The van der Waals surface area contributed by atoms with Crippen molar-refractivity contribution in [2.45, 2.75) is 19.3 Å². The average molecular weight is 243 g/mol. The molecule has 1 aromatic carbocycles. The fourth-order valence-corrected chi connectivity index (χ4v) is 1.35. The number of carbonyl (C=O) groups excluding carboxylic acids is 1. The molecular weight excluding hydrogens is 228 g/mol. The first-order valence-corrected chi connectivity index (χ1v) is 5.61. The van der Waals surface area contributed by atoms with Crippen LogP contribution in [-0.2, 0) is 16.0 Å². The largest absolute Gasteiger partial charge is 0.466 e. The Morgan fingerprint density at radius 3 is 2.62 bits per heavy atom. The van der Waals surface area contributed by atoms with Gasteiger partial charge in [0.15, 0.2) is 0 Å². The molecular formula is C12H15ClO3. The summed E-state index contributed by atoms with van der Waals surface area (Å²) in [5, 5.41) is 9.20. The molecule has 16 heavy (non-hydrogen) atoms.